The molecule has 0 aromatic heterocycles. The topological polar surface area (TPSA) is 77.8 Å². The van der Waals surface area contributed by atoms with Crippen molar-refractivity contribution in [3.63, 3.8) is 0 Å². The minimum atomic E-state index is -3.00. The van der Waals surface area contributed by atoms with Crippen LogP contribution in [-0.4, -0.2) is 60.3 Å². The lowest BCUT2D eigenvalue weighted by Crippen LogP contribution is -2.41. The Morgan fingerprint density at radius 1 is 1.38 bits per heavy atom. The lowest BCUT2D eigenvalue weighted by atomic mass is 10.1. The molecule has 1 aromatic rings. The molecule has 0 spiro atoms. The van der Waals surface area contributed by atoms with Gasteiger partial charge in [0, 0.05) is 24.2 Å². The summed E-state index contributed by atoms with van der Waals surface area (Å²) in [7, 11) is -3.00. The molecule has 1 aromatic carbocycles. The number of hydrogen-bond acceptors (Lipinski definition) is 5. The third-order valence-corrected chi connectivity index (χ3v) is 5.83. The van der Waals surface area contributed by atoms with E-state index in [0.717, 1.165) is 5.56 Å². The molecule has 5 nitrogen and oxygen atoms in total. The van der Waals surface area contributed by atoms with Gasteiger partial charge in [-0.25, -0.2) is 8.42 Å². The van der Waals surface area contributed by atoms with E-state index < -0.39 is 15.9 Å². The van der Waals surface area contributed by atoms with Gasteiger partial charge in [0.15, 0.2) is 9.84 Å². The third kappa shape index (κ3) is 4.66. The Hall–Kier alpha value is -0.660. The molecule has 2 atom stereocenters. The van der Waals surface area contributed by atoms with Crippen LogP contribution in [0.5, 0.6) is 0 Å². The zero-order chi connectivity index (χ0) is 15.5. The highest BCUT2D eigenvalue weighted by Gasteiger charge is 2.33. The van der Waals surface area contributed by atoms with Crippen LogP contribution in [0.3, 0.4) is 0 Å². The minimum absolute atomic E-state index is 0.0929. The van der Waals surface area contributed by atoms with E-state index in [4.69, 9.17) is 16.7 Å². The minimum Gasteiger partial charge on any atom is -0.394 e. The van der Waals surface area contributed by atoms with Crippen molar-refractivity contribution in [3.8, 4) is 0 Å². The molecule has 0 radical (unpaired) electrons. The van der Waals surface area contributed by atoms with Crippen molar-refractivity contribution in [1.82, 2.24) is 4.90 Å². The Kier molecular flexibility index (Phi) is 5.62. The average Bonchev–Trinajstić information content (AvgIpc) is 2.80. The van der Waals surface area contributed by atoms with Crippen LogP contribution in [-0.2, 0) is 16.4 Å². The summed E-state index contributed by atoms with van der Waals surface area (Å²) in [6, 6.07) is 7.21. The van der Waals surface area contributed by atoms with Crippen molar-refractivity contribution >= 4 is 21.4 Å². The average molecular weight is 334 g/mol. The molecule has 1 heterocycles. The van der Waals surface area contributed by atoms with Crippen LogP contribution in [0.1, 0.15) is 12.0 Å². The molecule has 0 bridgehead atoms. The Bertz CT molecular complexity index is 578. The number of halogens is 1. The Labute approximate surface area is 130 Å². The van der Waals surface area contributed by atoms with Gasteiger partial charge in [-0.3, -0.25) is 4.90 Å². The summed E-state index contributed by atoms with van der Waals surface area (Å²) in [4.78, 5) is 1.90. The number of rotatable bonds is 6. The van der Waals surface area contributed by atoms with Crippen molar-refractivity contribution < 1.29 is 18.6 Å². The lowest BCUT2D eigenvalue weighted by molar-refractivity contribution is 0.0447. The number of nitrogens with zero attached hydrogens (tertiary/aromatic N) is 1. The molecule has 7 heteroatoms. The molecule has 21 heavy (non-hydrogen) atoms. The number of hydrogen-bond donors (Lipinski definition) is 2. The second-order valence-electron chi connectivity index (χ2n) is 5.41. The van der Waals surface area contributed by atoms with Gasteiger partial charge in [0.1, 0.15) is 0 Å². The SMILES string of the molecule is O=S1(=O)CC[C@@H](N(Cc2ccccc2Cl)C[C@@H](O)CO)C1. The highest BCUT2D eigenvalue weighted by molar-refractivity contribution is 7.91. The molecule has 2 N–H and O–H groups in total. The molecule has 0 amide bonds. The number of sulfone groups is 1. The van der Waals surface area contributed by atoms with E-state index in [1.54, 1.807) is 6.07 Å². The normalized spacial score (nSPS) is 22.6. The monoisotopic (exact) mass is 333 g/mol. The summed E-state index contributed by atoms with van der Waals surface area (Å²) in [5, 5.41) is 19.3. The molecule has 1 aliphatic heterocycles. The number of aliphatic hydroxyl groups excluding tert-OH is 2. The number of benzene rings is 1. The maximum atomic E-state index is 11.7. The molecule has 1 saturated heterocycles. The number of aliphatic hydroxyl groups is 2. The molecule has 2 rings (SSSR count). The van der Waals surface area contributed by atoms with E-state index in [2.05, 4.69) is 0 Å². The maximum Gasteiger partial charge on any atom is 0.151 e. The fraction of sp³-hybridized carbons (Fsp3) is 0.571. The predicted molar refractivity (Wildman–Crippen MR) is 82.0 cm³/mol. The van der Waals surface area contributed by atoms with Gasteiger partial charge in [-0.1, -0.05) is 29.8 Å². The standard InChI is InChI=1S/C14H20ClNO4S/c15-14-4-2-1-3-11(14)7-16(8-13(18)9-17)12-5-6-21(19,20)10-12/h1-4,12-13,17-18H,5-10H2/t12-,13-/m1/s1. The van der Waals surface area contributed by atoms with Gasteiger partial charge in [0.25, 0.3) is 0 Å². The van der Waals surface area contributed by atoms with Crippen LogP contribution >= 0.6 is 11.6 Å². The van der Waals surface area contributed by atoms with Crippen LogP contribution in [0, 0.1) is 0 Å². The first kappa shape index (κ1) is 16.7. The van der Waals surface area contributed by atoms with E-state index in [9.17, 15) is 13.5 Å². The van der Waals surface area contributed by atoms with Gasteiger partial charge in [-0.05, 0) is 18.1 Å². The van der Waals surface area contributed by atoms with Crippen molar-refractivity contribution in [2.45, 2.75) is 25.1 Å². The van der Waals surface area contributed by atoms with Crippen LogP contribution in [0.2, 0.25) is 5.02 Å². The third-order valence-electron chi connectivity index (χ3n) is 3.71. The highest BCUT2D eigenvalue weighted by Crippen LogP contribution is 2.23. The summed E-state index contributed by atoms with van der Waals surface area (Å²) < 4.78 is 23.3. The van der Waals surface area contributed by atoms with Gasteiger partial charge >= 0.3 is 0 Å². The van der Waals surface area contributed by atoms with Crippen LogP contribution in [0.4, 0.5) is 0 Å². The first-order valence-electron chi connectivity index (χ1n) is 6.88. The smallest absolute Gasteiger partial charge is 0.151 e. The summed E-state index contributed by atoms with van der Waals surface area (Å²) >= 11 is 6.14. The van der Waals surface area contributed by atoms with Gasteiger partial charge < -0.3 is 10.2 Å². The van der Waals surface area contributed by atoms with Crippen molar-refractivity contribution in [1.29, 1.82) is 0 Å². The van der Waals surface area contributed by atoms with Crippen LogP contribution in [0.25, 0.3) is 0 Å². The molecule has 1 aliphatic rings. The fourth-order valence-electron chi connectivity index (χ4n) is 2.58. The quantitative estimate of drug-likeness (QED) is 0.800. The van der Waals surface area contributed by atoms with E-state index in [-0.39, 0.29) is 30.7 Å². The highest BCUT2D eigenvalue weighted by atomic mass is 35.5. The van der Waals surface area contributed by atoms with Crippen molar-refractivity contribution in [3.05, 3.63) is 34.9 Å². The summed E-state index contributed by atoms with van der Waals surface area (Å²) in [6.07, 6.45) is -0.346. The van der Waals surface area contributed by atoms with Gasteiger partial charge in [-0.15, -0.1) is 0 Å². The zero-order valence-corrected chi connectivity index (χ0v) is 13.2. The Morgan fingerprint density at radius 3 is 2.67 bits per heavy atom. The van der Waals surface area contributed by atoms with Gasteiger partial charge in [0.2, 0.25) is 0 Å². The molecular formula is C14H20ClNO4S. The van der Waals surface area contributed by atoms with Crippen LogP contribution < -0.4 is 0 Å². The molecule has 1 fully saturated rings. The first-order valence-corrected chi connectivity index (χ1v) is 9.08. The summed E-state index contributed by atoms with van der Waals surface area (Å²) in [5.74, 6) is 0.265. The fourth-order valence-corrected chi connectivity index (χ4v) is 4.54. The molecular weight excluding hydrogens is 314 g/mol. The van der Waals surface area contributed by atoms with E-state index in [1.807, 2.05) is 23.1 Å². The van der Waals surface area contributed by atoms with Crippen LogP contribution in [0.15, 0.2) is 24.3 Å². The zero-order valence-electron chi connectivity index (χ0n) is 11.7. The maximum absolute atomic E-state index is 11.7. The summed E-state index contributed by atoms with van der Waals surface area (Å²) in [5.41, 5.74) is 0.883. The van der Waals surface area contributed by atoms with Crippen molar-refractivity contribution in [2.24, 2.45) is 0 Å². The second kappa shape index (κ2) is 7.07. The first-order chi connectivity index (χ1) is 9.91. The summed E-state index contributed by atoms with van der Waals surface area (Å²) in [6.45, 7) is 0.331. The second-order valence-corrected chi connectivity index (χ2v) is 8.05. The Morgan fingerprint density at radius 2 is 2.10 bits per heavy atom. The molecule has 0 aliphatic carbocycles. The van der Waals surface area contributed by atoms with E-state index >= 15 is 0 Å². The van der Waals surface area contributed by atoms with E-state index in [0.29, 0.717) is 18.0 Å². The Balaban J connectivity index is 2.14. The lowest BCUT2D eigenvalue weighted by Gasteiger charge is -2.30. The van der Waals surface area contributed by atoms with E-state index in [1.165, 1.54) is 0 Å². The molecule has 0 unspecified atom stereocenters. The predicted octanol–water partition coefficient (Wildman–Crippen LogP) is 0.682. The van der Waals surface area contributed by atoms with Crippen molar-refractivity contribution in [2.75, 3.05) is 24.7 Å². The van der Waals surface area contributed by atoms with Gasteiger partial charge in [0.05, 0.1) is 24.2 Å². The largest absolute Gasteiger partial charge is 0.394 e. The van der Waals surface area contributed by atoms with Gasteiger partial charge in [-0.2, -0.15) is 0 Å². The molecule has 0 saturated carbocycles. The molecule has 118 valence electrons.